The Bertz CT molecular complexity index is 676. The Kier molecular flexibility index (Phi) is 5.65. The van der Waals surface area contributed by atoms with E-state index < -0.39 is 5.60 Å². The maximum Gasteiger partial charge on any atom is 0.136 e. The Labute approximate surface area is 140 Å². The molecule has 0 radical (unpaired) electrons. The first-order valence-electron chi connectivity index (χ1n) is 7.12. The van der Waals surface area contributed by atoms with Gasteiger partial charge in [-0.05, 0) is 47.5 Å². The van der Waals surface area contributed by atoms with Crippen LogP contribution in [0.5, 0.6) is 5.75 Å². The van der Waals surface area contributed by atoms with Crippen LogP contribution >= 0.6 is 15.9 Å². The van der Waals surface area contributed by atoms with Gasteiger partial charge in [-0.15, -0.1) is 0 Å². The monoisotopic (exact) mass is 358 g/mol. The van der Waals surface area contributed by atoms with Crippen LogP contribution in [-0.2, 0) is 6.61 Å². The SMILES string of the molecule is CC(C)(O)CC#Cc1c(Br)cccc1OCc1ccccc1. The minimum absolute atomic E-state index is 0.409. The van der Waals surface area contributed by atoms with Crippen molar-refractivity contribution in [3.63, 3.8) is 0 Å². The third-order valence-corrected chi connectivity index (χ3v) is 3.61. The molecule has 22 heavy (non-hydrogen) atoms. The van der Waals surface area contributed by atoms with Crippen molar-refractivity contribution in [3.05, 3.63) is 64.1 Å². The van der Waals surface area contributed by atoms with Crippen LogP contribution < -0.4 is 4.74 Å². The van der Waals surface area contributed by atoms with Crippen molar-refractivity contribution < 1.29 is 9.84 Å². The van der Waals surface area contributed by atoms with Crippen molar-refractivity contribution in [2.24, 2.45) is 0 Å². The molecule has 0 spiro atoms. The highest BCUT2D eigenvalue weighted by Gasteiger charge is 2.10. The number of aliphatic hydroxyl groups is 1. The van der Waals surface area contributed by atoms with E-state index in [2.05, 4.69) is 27.8 Å². The molecule has 0 saturated heterocycles. The average molecular weight is 359 g/mol. The summed E-state index contributed by atoms with van der Waals surface area (Å²) in [6, 6.07) is 15.8. The third kappa shape index (κ3) is 5.22. The topological polar surface area (TPSA) is 29.5 Å². The van der Waals surface area contributed by atoms with Crippen LogP contribution in [0.3, 0.4) is 0 Å². The molecule has 0 aromatic heterocycles. The molecule has 0 bridgehead atoms. The molecule has 0 unspecified atom stereocenters. The van der Waals surface area contributed by atoms with Gasteiger partial charge in [0, 0.05) is 10.9 Å². The molecule has 0 amide bonds. The number of ether oxygens (including phenoxy) is 1. The Morgan fingerprint density at radius 1 is 1.09 bits per heavy atom. The summed E-state index contributed by atoms with van der Waals surface area (Å²) >= 11 is 3.51. The molecule has 0 fully saturated rings. The third-order valence-electron chi connectivity index (χ3n) is 2.95. The minimum atomic E-state index is -0.792. The molecule has 0 aliphatic rings. The van der Waals surface area contributed by atoms with Gasteiger partial charge in [0.1, 0.15) is 12.4 Å². The second kappa shape index (κ2) is 7.49. The molecule has 0 aliphatic heterocycles. The molecular weight excluding hydrogens is 340 g/mol. The van der Waals surface area contributed by atoms with Crippen LogP contribution in [-0.4, -0.2) is 10.7 Å². The largest absolute Gasteiger partial charge is 0.488 e. The van der Waals surface area contributed by atoms with Crippen LogP contribution in [0.4, 0.5) is 0 Å². The first-order chi connectivity index (χ1) is 10.5. The number of benzene rings is 2. The summed E-state index contributed by atoms with van der Waals surface area (Å²) in [6.07, 6.45) is 0.409. The first kappa shape index (κ1) is 16.6. The molecule has 0 heterocycles. The average Bonchev–Trinajstić information content (AvgIpc) is 2.47. The van der Waals surface area contributed by atoms with Gasteiger partial charge in [-0.1, -0.05) is 48.2 Å². The normalized spacial score (nSPS) is 10.7. The first-order valence-corrected chi connectivity index (χ1v) is 7.91. The van der Waals surface area contributed by atoms with Crippen molar-refractivity contribution in [1.29, 1.82) is 0 Å². The standard InChI is InChI=1S/C19H19BrO2/c1-19(2,21)13-7-10-16-17(20)11-6-12-18(16)22-14-15-8-4-3-5-9-15/h3-6,8-9,11-12,21H,13-14H2,1-2H3. The van der Waals surface area contributed by atoms with Gasteiger partial charge in [-0.3, -0.25) is 0 Å². The lowest BCUT2D eigenvalue weighted by atomic mass is 10.1. The minimum Gasteiger partial charge on any atom is -0.488 e. The Morgan fingerprint density at radius 2 is 1.82 bits per heavy atom. The second-order valence-corrected chi connectivity index (χ2v) is 6.53. The van der Waals surface area contributed by atoms with Crippen molar-refractivity contribution in [1.82, 2.24) is 0 Å². The summed E-state index contributed by atoms with van der Waals surface area (Å²) < 4.78 is 6.78. The lowest BCUT2D eigenvalue weighted by Gasteiger charge is -2.12. The maximum absolute atomic E-state index is 9.74. The molecule has 1 N–H and O–H groups in total. The fourth-order valence-electron chi connectivity index (χ4n) is 1.83. The summed E-state index contributed by atoms with van der Waals surface area (Å²) in [6.45, 7) is 3.99. The number of hydrogen-bond donors (Lipinski definition) is 1. The fourth-order valence-corrected chi connectivity index (χ4v) is 2.28. The van der Waals surface area contributed by atoms with Crippen molar-refractivity contribution in [2.75, 3.05) is 0 Å². The lowest BCUT2D eigenvalue weighted by molar-refractivity contribution is 0.0862. The van der Waals surface area contributed by atoms with Crippen LogP contribution in [0.1, 0.15) is 31.4 Å². The number of rotatable bonds is 4. The molecule has 0 saturated carbocycles. The highest BCUT2D eigenvalue weighted by molar-refractivity contribution is 9.10. The summed E-state index contributed by atoms with van der Waals surface area (Å²) in [5.41, 5.74) is 1.12. The Morgan fingerprint density at radius 3 is 2.50 bits per heavy atom. The van der Waals surface area contributed by atoms with Crippen LogP contribution in [0.25, 0.3) is 0 Å². The molecule has 0 atom stereocenters. The van der Waals surface area contributed by atoms with Crippen LogP contribution in [0.15, 0.2) is 53.0 Å². The van der Waals surface area contributed by atoms with E-state index in [9.17, 15) is 5.11 Å². The number of halogens is 1. The van der Waals surface area contributed by atoms with E-state index in [1.165, 1.54) is 0 Å². The van der Waals surface area contributed by atoms with Crippen LogP contribution in [0.2, 0.25) is 0 Å². The highest BCUT2D eigenvalue weighted by atomic mass is 79.9. The molecule has 0 aliphatic carbocycles. The predicted molar refractivity (Wildman–Crippen MR) is 92.7 cm³/mol. The molecule has 2 aromatic carbocycles. The van der Waals surface area contributed by atoms with Gasteiger partial charge in [0.25, 0.3) is 0 Å². The van der Waals surface area contributed by atoms with Crippen molar-refractivity contribution >= 4 is 15.9 Å². The van der Waals surface area contributed by atoms with Crippen LogP contribution in [0, 0.1) is 11.8 Å². The fraction of sp³-hybridized carbons (Fsp3) is 0.263. The highest BCUT2D eigenvalue weighted by Crippen LogP contribution is 2.26. The van der Waals surface area contributed by atoms with Gasteiger partial charge in [0.05, 0.1) is 11.2 Å². The quantitative estimate of drug-likeness (QED) is 0.813. The van der Waals surface area contributed by atoms with E-state index in [4.69, 9.17) is 4.74 Å². The zero-order valence-corrected chi connectivity index (χ0v) is 14.4. The molecule has 2 nitrogen and oxygen atoms in total. The van der Waals surface area contributed by atoms with Gasteiger partial charge in [-0.2, -0.15) is 0 Å². The van der Waals surface area contributed by atoms with E-state index >= 15 is 0 Å². The molecular formula is C19H19BrO2. The summed E-state index contributed by atoms with van der Waals surface area (Å²) in [4.78, 5) is 0. The van der Waals surface area contributed by atoms with Gasteiger partial charge in [0.15, 0.2) is 0 Å². The summed E-state index contributed by atoms with van der Waals surface area (Å²) in [5.74, 6) is 6.84. The molecule has 3 heteroatoms. The Balaban J connectivity index is 2.16. The smallest absolute Gasteiger partial charge is 0.136 e. The predicted octanol–water partition coefficient (Wildman–Crippen LogP) is 4.54. The van der Waals surface area contributed by atoms with E-state index in [1.807, 2.05) is 48.5 Å². The van der Waals surface area contributed by atoms with Gasteiger partial charge >= 0.3 is 0 Å². The zero-order chi connectivity index (χ0) is 16.0. The van der Waals surface area contributed by atoms with Gasteiger partial charge in [-0.25, -0.2) is 0 Å². The van der Waals surface area contributed by atoms with Crippen molar-refractivity contribution in [2.45, 2.75) is 32.5 Å². The van der Waals surface area contributed by atoms with E-state index in [-0.39, 0.29) is 0 Å². The Hall–Kier alpha value is -1.76. The maximum atomic E-state index is 9.74. The van der Waals surface area contributed by atoms with E-state index in [0.717, 1.165) is 21.3 Å². The van der Waals surface area contributed by atoms with Crippen molar-refractivity contribution in [3.8, 4) is 17.6 Å². The summed E-state index contributed by atoms with van der Waals surface area (Å²) in [7, 11) is 0. The van der Waals surface area contributed by atoms with E-state index in [1.54, 1.807) is 13.8 Å². The molecule has 114 valence electrons. The number of hydrogen-bond acceptors (Lipinski definition) is 2. The van der Waals surface area contributed by atoms with Gasteiger partial charge < -0.3 is 9.84 Å². The zero-order valence-electron chi connectivity index (χ0n) is 12.8. The molecule has 2 rings (SSSR count). The van der Waals surface area contributed by atoms with E-state index in [0.29, 0.717) is 13.0 Å². The van der Waals surface area contributed by atoms with Gasteiger partial charge in [0.2, 0.25) is 0 Å². The second-order valence-electron chi connectivity index (χ2n) is 5.68. The lowest BCUT2D eigenvalue weighted by Crippen LogP contribution is -2.16. The summed E-state index contributed by atoms with van der Waals surface area (Å²) in [5, 5.41) is 9.74. The molecule has 2 aromatic rings.